The van der Waals surface area contributed by atoms with Crippen molar-refractivity contribution >= 4 is 5.97 Å². The summed E-state index contributed by atoms with van der Waals surface area (Å²) < 4.78 is 13.7. The Bertz CT molecular complexity index is 1010. The van der Waals surface area contributed by atoms with E-state index >= 15 is 0 Å². The average molecular weight is 391 g/mol. The standard InChI is InChI=1S/C22H21N3O4/c23-13-15-7-9-18(10-8-15)29-19-14-25(20-6-1-2-11-28-20)24-21(19)16-4-3-5-17(12-16)22(26)27/h3-5,7,9-10,12,14-15,20H,1-2,6,8,11H2,(H,26,27). The number of allylic oxidation sites excluding steroid dienone is 3. The minimum absolute atomic E-state index is 0.146. The predicted molar refractivity (Wildman–Crippen MR) is 105 cm³/mol. The van der Waals surface area contributed by atoms with Crippen LogP contribution in [0.3, 0.4) is 0 Å². The Kier molecular flexibility index (Phi) is 5.45. The Morgan fingerprint density at radius 1 is 1.38 bits per heavy atom. The van der Waals surface area contributed by atoms with Crippen LogP contribution in [0.15, 0.2) is 54.4 Å². The zero-order valence-electron chi connectivity index (χ0n) is 15.8. The lowest BCUT2D eigenvalue weighted by atomic mass is 10.0. The zero-order valence-corrected chi connectivity index (χ0v) is 15.8. The maximum absolute atomic E-state index is 11.4. The molecule has 2 unspecified atom stereocenters. The van der Waals surface area contributed by atoms with E-state index in [1.165, 1.54) is 0 Å². The number of nitrogens with zero attached hydrogens (tertiary/aromatic N) is 3. The molecular formula is C22H21N3O4. The lowest BCUT2D eigenvalue weighted by Crippen LogP contribution is -2.18. The lowest BCUT2D eigenvalue weighted by molar-refractivity contribution is -0.0394. The molecule has 4 rings (SSSR count). The number of aromatic nitrogens is 2. The molecule has 7 nitrogen and oxygen atoms in total. The molecule has 29 heavy (non-hydrogen) atoms. The van der Waals surface area contributed by atoms with Gasteiger partial charge < -0.3 is 14.6 Å². The minimum atomic E-state index is -0.996. The Morgan fingerprint density at radius 3 is 2.97 bits per heavy atom. The van der Waals surface area contributed by atoms with Gasteiger partial charge in [-0.05, 0) is 50.0 Å². The Labute approximate surface area is 168 Å². The van der Waals surface area contributed by atoms with Crippen LogP contribution in [0.2, 0.25) is 0 Å². The lowest BCUT2D eigenvalue weighted by Gasteiger charge is -2.22. The van der Waals surface area contributed by atoms with Crippen LogP contribution in [-0.4, -0.2) is 27.5 Å². The number of hydrogen-bond acceptors (Lipinski definition) is 5. The summed E-state index contributed by atoms with van der Waals surface area (Å²) in [7, 11) is 0. The molecule has 1 saturated heterocycles. The highest BCUT2D eigenvalue weighted by Gasteiger charge is 2.22. The quantitative estimate of drug-likeness (QED) is 0.816. The van der Waals surface area contributed by atoms with Crippen molar-refractivity contribution in [2.24, 2.45) is 5.92 Å². The van der Waals surface area contributed by atoms with Crippen LogP contribution in [0, 0.1) is 17.2 Å². The van der Waals surface area contributed by atoms with Crippen LogP contribution in [0.5, 0.6) is 5.75 Å². The molecule has 0 bridgehead atoms. The van der Waals surface area contributed by atoms with E-state index < -0.39 is 5.97 Å². The first-order valence-electron chi connectivity index (χ1n) is 9.64. The fourth-order valence-corrected chi connectivity index (χ4v) is 3.43. The summed E-state index contributed by atoms with van der Waals surface area (Å²) in [6.07, 6.45) is 10.7. The summed E-state index contributed by atoms with van der Waals surface area (Å²) in [5.74, 6) is 0.0153. The molecule has 1 fully saturated rings. The van der Waals surface area contributed by atoms with E-state index in [1.54, 1.807) is 35.2 Å². The molecule has 0 spiro atoms. The van der Waals surface area contributed by atoms with Crippen molar-refractivity contribution in [1.82, 2.24) is 9.78 Å². The molecule has 0 amide bonds. The van der Waals surface area contributed by atoms with Gasteiger partial charge in [0.2, 0.25) is 0 Å². The third-order valence-corrected chi connectivity index (χ3v) is 4.99. The van der Waals surface area contributed by atoms with E-state index in [-0.39, 0.29) is 17.7 Å². The van der Waals surface area contributed by atoms with E-state index in [2.05, 4.69) is 11.2 Å². The number of carboxylic acid groups (broad SMARTS) is 1. The van der Waals surface area contributed by atoms with Gasteiger partial charge in [0.15, 0.2) is 5.75 Å². The highest BCUT2D eigenvalue weighted by atomic mass is 16.5. The van der Waals surface area contributed by atoms with Crippen molar-refractivity contribution in [1.29, 1.82) is 5.26 Å². The van der Waals surface area contributed by atoms with E-state index in [9.17, 15) is 9.90 Å². The van der Waals surface area contributed by atoms with Crippen LogP contribution < -0.4 is 4.74 Å². The Morgan fingerprint density at radius 2 is 2.28 bits per heavy atom. The summed E-state index contributed by atoms with van der Waals surface area (Å²) in [5.41, 5.74) is 1.40. The van der Waals surface area contributed by atoms with Gasteiger partial charge in [0, 0.05) is 12.2 Å². The van der Waals surface area contributed by atoms with Gasteiger partial charge in [-0.3, -0.25) is 0 Å². The number of benzene rings is 1. The molecule has 0 saturated carbocycles. The maximum Gasteiger partial charge on any atom is 0.335 e. The molecule has 1 aliphatic heterocycles. The van der Waals surface area contributed by atoms with Crippen LogP contribution in [0.1, 0.15) is 42.3 Å². The van der Waals surface area contributed by atoms with Crippen LogP contribution in [-0.2, 0) is 4.74 Å². The van der Waals surface area contributed by atoms with E-state index in [0.717, 1.165) is 19.3 Å². The third kappa shape index (κ3) is 4.23. The van der Waals surface area contributed by atoms with Crippen LogP contribution in [0.25, 0.3) is 11.3 Å². The van der Waals surface area contributed by atoms with Gasteiger partial charge in [0.25, 0.3) is 0 Å². The summed E-state index contributed by atoms with van der Waals surface area (Å²) in [6.45, 7) is 0.688. The number of hydrogen-bond donors (Lipinski definition) is 1. The van der Waals surface area contributed by atoms with Gasteiger partial charge >= 0.3 is 5.97 Å². The fraction of sp³-hybridized carbons (Fsp3) is 0.318. The number of aromatic carboxylic acids is 1. The smallest absolute Gasteiger partial charge is 0.335 e. The van der Waals surface area contributed by atoms with Crippen molar-refractivity contribution in [3.8, 4) is 23.1 Å². The van der Waals surface area contributed by atoms with E-state index in [4.69, 9.17) is 14.7 Å². The molecule has 1 aliphatic carbocycles. The second kappa shape index (κ2) is 8.33. The molecule has 2 atom stereocenters. The molecule has 0 radical (unpaired) electrons. The van der Waals surface area contributed by atoms with Gasteiger partial charge in [0.05, 0.1) is 23.7 Å². The van der Waals surface area contributed by atoms with Crippen molar-refractivity contribution < 1.29 is 19.4 Å². The van der Waals surface area contributed by atoms with Crippen molar-refractivity contribution in [2.45, 2.75) is 31.9 Å². The molecule has 7 heteroatoms. The summed E-state index contributed by atoms with van der Waals surface area (Å²) in [6, 6.07) is 8.84. The number of ether oxygens (including phenoxy) is 2. The summed E-state index contributed by atoms with van der Waals surface area (Å²) in [5, 5.41) is 23.0. The zero-order chi connectivity index (χ0) is 20.2. The van der Waals surface area contributed by atoms with Crippen molar-refractivity contribution in [3.63, 3.8) is 0 Å². The molecule has 2 aromatic rings. The predicted octanol–water partition coefficient (Wildman–Crippen LogP) is 4.31. The monoisotopic (exact) mass is 391 g/mol. The normalized spacial score (nSPS) is 21.3. The van der Waals surface area contributed by atoms with Crippen LogP contribution in [0.4, 0.5) is 0 Å². The Balaban J connectivity index is 1.69. The Hall–Kier alpha value is -3.37. The van der Waals surface area contributed by atoms with Gasteiger partial charge in [-0.15, -0.1) is 0 Å². The molecule has 1 aromatic heterocycles. The first-order chi connectivity index (χ1) is 14.1. The van der Waals surface area contributed by atoms with Crippen molar-refractivity contribution in [2.75, 3.05) is 6.61 Å². The van der Waals surface area contributed by atoms with Crippen molar-refractivity contribution in [3.05, 3.63) is 60.0 Å². The summed E-state index contributed by atoms with van der Waals surface area (Å²) >= 11 is 0. The SMILES string of the molecule is N#CC1C=CC(Oc2cn(C3CCCCO3)nc2-c2cccc(C(=O)O)c2)=CC1. The molecule has 2 aliphatic rings. The van der Waals surface area contributed by atoms with E-state index in [0.29, 0.717) is 35.8 Å². The number of carboxylic acids is 1. The number of nitriles is 1. The molecule has 148 valence electrons. The first-order valence-corrected chi connectivity index (χ1v) is 9.64. The largest absolute Gasteiger partial charge is 0.478 e. The van der Waals surface area contributed by atoms with Gasteiger partial charge in [-0.1, -0.05) is 18.2 Å². The number of rotatable bonds is 5. The molecule has 1 aromatic carbocycles. The van der Waals surface area contributed by atoms with Gasteiger partial charge in [0.1, 0.15) is 17.7 Å². The van der Waals surface area contributed by atoms with E-state index in [1.807, 2.05) is 18.2 Å². The second-order valence-corrected chi connectivity index (χ2v) is 7.07. The first kappa shape index (κ1) is 19.0. The molecule has 2 heterocycles. The van der Waals surface area contributed by atoms with Crippen LogP contribution >= 0.6 is 0 Å². The average Bonchev–Trinajstić information content (AvgIpc) is 3.19. The van der Waals surface area contributed by atoms with Gasteiger partial charge in [-0.2, -0.15) is 10.4 Å². The molecule has 1 N–H and O–H groups in total. The fourth-order valence-electron chi connectivity index (χ4n) is 3.43. The highest BCUT2D eigenvalue weighted by molar-refractivity contribution is 5.89. The topological polar surface area (TPSA) is 97.4 Å². The van der Waals surface area contributed by atoms with Gasteiger partial charge in [-0.25, -0.2) is 9.48 Å². The maximum atomic E-state index is 11.4. The third-order valence-electron chi connectivity index (χ3n) is 4.99. The minimum Gasteiger partial charge on any atom is -0.478 e. The second-order valence-electron chi connectivity index (χ2n) is 7.07. The number of carbonyl (C=O) groups is 1. The molecular weight excluding hydrogens is 370 g/mol. The highest BCUT2D eigenvalue weighted by Crippen LogP contribution is 2.34. The summed E-state index contributed by atoms with van der Waals surface area (Å²) in [4.78, 5) is 11.4.